The second kappa shape index (κ2) is 86.8. The molecule has 752 valence electrons. The van der Waals surface area contributed by atoms with Crippen molar-refractivity contribution in [3.8, 4) is 0 Å². The van der Waals surface area contributed by atoms with Crippen molar-refractivity contribution in [2.24, 2.45) is 92.7 Å². The highest BCUT2D eigenvalue weighted by atomic mass is 14.8. The fourth-order valence-corrected chi connectivity index (χ4v) is 28.1. The van der Waals surface area contributed by atoms with E-state index in [1.54, 1.807) is 38.5 Å². The zero-order valence-electron chi connectivity index (χ0n) is 92.4. The van der Waals surface area contributed by atoms with Crippen LogP contribution in [0, 0.1) is 92.7 Å². The van der Waals surface area contributed by atoms with E-state index in [-0.39, 0.29) is 21.7 Å². The lowest BCUT2D eigenvalue weighted by molar-refractivity contribution is -0.265. The molecule has 16 unspecified atom stereocenters. The lowest BCUT2D eigenvalue weighted by atomic mass is 9.29. The molecule has 0 saturated carbocycles. The minimum absolute atomic E-state index is 0.146. The van der Waals surface area contributed by atoms with E-state index in [2.05, 4.69) is 152 Å². The number of rotatable bonds is 102. The molecule has 0 aliphatic heterocycles. The Kier molecular flexibility index (Phi) is 86.8. The summed E-state index contributed by atoms with van der Waals surface area (Å²) in [6.07, 6.45) is 126. The molecule has 0 rings (SSSR count). The molecule has 0 aliphatic carbocycles. The zero-order valence-corrected chi connectivity index (χ0v) is 92.4. The Labute approximate surface area is 798 Å². The molecule has 0 spiro atoms. The fraction of sp³-hybridized carbons (Fsp3) is 1.00. The van der Waals surface area contributed by atoms with Crippen LogP contribution in [0.25, 0.3) is 0 Å². The molecule has 0 bridgehead atoms. The van der Waals surface area contributed by atoms with Crippen LogP contribution in [0.3, 0.4) is 0 Å². The number of hydrogen-bond acceptors (Lipinski definition) is 0. The van der Waals surface area contributed by atoms with E-state index in [4.69, 9.17) is 0 Å². The molecular weight excluding hydrogens is 1500 g/mol. The maximum Gasteiger partial charge on any atom is -0.0169 e. The van der Waals surface area contributed by atoms with Crippen molar-refractivity contribution < 1.29 is 0 Å². The van der Waals surface area contributed by atoms with Gasteiger partial charge in [-0.05, 0) is 150 Å². The van der Waals surface area contributed by atoms with Gasteiger partial charge in [0.1, 0.15) is 0 Å². The number of unbranched alkanes of at least 4 members (excludes halogenated alkanes) is 43. The van der Waals surface area contributed by atoms with E-state index < -0.39 is 0 Å². The van der Waals surface area contributed by atoms with E-state index >= 15 is 0 Å². The van der Waals surface area contributed by atoms with Crippen LogP contribution in [0.2, 0.25) is 0 Å². The second-order valence-corrected chi connectivity index (χ2v) is 46.1. The van der Waals surface area contributed by atoms with Crippen molar-refractivity contribution in [2.75, 3.05) is 0 Å². The maximum absolute atomic E-state index is 3.23. The van der Waals surface area contributed by atoms with Crippen LogP contribution in [0.5, 0.6) is 0 Å². The first-order valence-corrected chi connectivity index (χ1v) is 60.9. The van der Waals surface area contributed by atoms with Gasteiger partial charge in [0.15, 0.2) is 0 Å². The minimum Gasteiger partial charge on any atom is -0.0654 e. The zero-order chi connectivity index (χ0) is 92.4. The fourth-order valence-electron chi connectivity index (χ4n) is 28.1. The van der Waals surface area contributed by atoms with Crippen molar-refractivity contribution in [3.05, 3.63) is 0 Å². The molecule has 0 heterocycles. The molecule has 0 aromatic rings. The lowest BCUT2D eigenvalue weighted by Gasteiger charge is -2.75. The van der Waals surface area contributed by atoms with E-state index in [9.17, 15) is 0 Å². The van der Waals surface area contributed by atoms with Gasteiger partial charge >= 0.3 is 0 Å². The largest absolute Gasteiger partial charge is 0.0654 e. The molecule has 0 aromatic heterocycles. The van der Waals surface area contributed by atoms with Crippen molar-refractivity contribution >= 4 is 0 Å². The first-order chi connectivity index (χ1) is 60.9. The van der Waals surface area contributed by atoms with Crippen LogP contribution >= 0.6 is 0 Å². The van der Waals surface area contributed by atoms with Gasteiger partial charge in [-0.25, -0.2) is 0 Å². The highest BCUT2D eigenvalue weighted by molar-refractivity contribution is 5.20. The molecule has 0 aromatic carbocycles. The van der Waals surface area contributed by atoms with Crippen molar-refractivity contribution in [3.63, 3.8) is 0 Å². The molecule has 0 N–H and O–H groups in total. The summed E-state index contributed by atoms with van der Waals surface area (Å²) in [6.45, 7) is 59.6. The van der Waals surface area contributed by atoms with Gasteiger partial charge in [-0.3, -0.25) is 0 Å². The highest BCUT2D eigenvalue weighted by Gasteiger charge is 2.72. The van der Waals surface area contributed by atoms with Gasteiger partial charge in [0.25, 0.3) is 0 Å². The number of hydrogen-bond donors (Lipinski definition) is 0. The molecule has 0 radical (unpaired) electrons. The molecule has 0 nitrogen and oxygen atoms in total. The Morgan fingerprint density at radius 3 is 0.792 bits per heavy atom. The Bertz CT molecular complexity index is 2120. The standard InChI is InChI=1S/C125H252/c1-23-40-50-55-60-63-66-71-81-93-113(21)125(109-119(88-37-15)98-77-49-32-10,114(22)104-115(84-33-11)94-73-45-28-6)124(108-118(87-36-14)97-76-48-31-9,106-112(20)91-80-70-65-61-56-51-41-24-2)123(107-117(86-35-13)96-75-47-30-8,103-100-111(19)90-79-69-64-58-53-43-26-4)122(101-38-16,102-83-92-110(18)89-78-68-59-54-44-27-5)121(105-116(85-34-12)95-74-46-29-7)120(39-17)99-82-72-67-62-57-52-42-25-3/h110-121H,23-109H2,1-22H3. The maximum atomic E-state index is 3.23. The summed E-state index contributed by atoms with van der Waals surface area (Å²) in [5.41, 5.74) is 0.695. The van der Waals surface area contributed by atoms with Gasteiger partial charge in [0.2, 0.25) is 0 Å². The average Bonchev–Trinajstić information content (AvgIpc) is 0.673. The quantitative estimate of drug-likeness (QED) is 0.0533. The molecule has 0 heteroatoms. The predicted octanol–water partition coefficient (Wildman–Crippen LogP) is 46.7. The Morgan fingerprint density at radius 1 is 0.168 bits per heavy atom. The monoisotopic (exact) mass is 1750 g/mol. The molecule has 0 aliphatic rings. The van der Waals surface area contributed by atoms with Gasteiger partial charge in [-0.1, -0.05) is 653 Å². The summed E-state index contributed by atoms with van der Waals surface area (Å²) < 4.78 is 0. The summed E-state index contributed by atoms with van der Waals surface area (Å²) in [4.78, 5) is 0. The van der Waals surface area contributed by atoms with Gasteiger partial charge in [0, 0.05) is 0 Å². The first kappa shape index (κ1) is 125. The van der Waals surface area contributed by atoms with Gasteiger partial charge < -0.3 is 0 Å². The SMILES string of the molecule is CCCCCCCCCCCC(C)C(CC(CCC)CCCCC)(C(C)CC(CCC)CCCCC)C(CC(C)CCCCCCCCCC)(CC(CCC)CCCCC)C(CCC(C)CCCCCCCCC)(CC(CCC)CCCCC)C(CCC)(CCCC(C)CCCCCCCC)C(CC(CCC)CCCCC)C(CC)CCCCCCCCCC. The van der Waals surface area contributed by atoms with Crippen molar-refractivity contribution in [2.45, 2.75) is 711 Å². The smallest absolute Gasteiger partial charge is 0.0169 e. The van der Waals surface area contributed by atoms with E-state index in [0.717, 1.165) is 53.3 Å². The van der Waals surface area contributed by atoms with Crippen LogP contribution < -0.4 is 0 Å². The summed E-state index contributed by atoms with van der Waals surface area (Å²) in [7, 11) is 0. The van der Waals surface area contributed by atoms with Crippen molar-refractivity contribution in [1.82, 2.24) is 0 Å². The summed E-state index contributed by atoms with van der Waals surface area (Å²) in [6, 6.07) is 0. The first-order valence-electron chi connectivity index (χ1n) is 60.9. The van der Waals surface area contributed by atoms with Crippen LogP contribution in [-0.2, 0) is 0 Å². The average molecular weight is 1760 g/mol. The summed E-state index contributed by atoms with van der Waals surface area (Å²) >= 11 is 0. The molecular formula is C125H252. The Hall–Kier alpha value is 0. The lowest BCUT2D eigenvalue weighted by Crippen LogP contribution is -2.68. The second-order valence-electron chi connectivity index (χ2n) is 46.1. The highest BCUT2D eigenvalue weighted by Crippen LogP contribution is 2.79. The third kappa shape index (κ3) is 54.5. The summed E-state index contributed by atoms with van der Waals surface area (Å²) in [5.74, 6) is 9.18. The van der Waals surface area contributed by atoms with E-state index in [1.807, 2.05) is 0 Å². The van der Waals surface area contributed by atoms with E-state index in [1.165, 1.54) is 520 Å². The third-order valence-corrected chi connectivity index (χ3v) is 34.9. The Balaban J connectivity index is 12.5. The van der Waals surface area contributed by atoms with Crippen molar-refractivity contribution in [1.29, 1.82) is 0 Å². The predicted molar refractivity (Wildman–Crippen MR) is 578 cm³/mol. The molecule has 125 heavy (non-hydrogen) atoms. The van der Waals surface area contributed by atoms with Crippen LogP contribution in [0.1, 0.15) is 711 Å². The van der Waals surface area contributed by atoms with Crippen LogP contribution in [-0.4, -0.2) is 0 Å². The van der Waals surface area contributed by atoms with Gasteiger partial charge in [0.05, 0.1) is 0 Å². The normalized spacial score (nSPS) is 17.1. The molecule has 0 amide bonds. The van der Waals surface area contributed by atoms with Gasteiger partial charge in [-0.2, -0.15) is 0 Å². The third-order valence-electron chi connectivity index (χ3n) is 34.9. The van der Waals surface area contributed by atoms with E-state index in [0.29, 0.717) is 17.8 Å². The summed E-state index contributed by atoms with van der Waals surface area (Å²) in [5, 5.41) is 0. The Morgan fingerprint density at radius 2 is 0.440 bits per heavy atom. The van der Waals surface area contributed by atoms with Crippen LogP contribution in [0.4, 0.5) is 0 Å². The molecule has 0 fully saturated rings. The molecule has 0 saturated heterocycles. The topological polar surface area (TPSA) is 0 Å². The molecule has 16 atom stereocenters. The minimum atomic E-state index is 0.146. The van der Waals surface area contributed by atoms with Gasteiger partial charge in [-0.15, -0.1) is 0 Å². The van der Waals surface area contributed by atoms with Crippen LogP contribution in [0.15, 0.2) is 0 Å².